The van der Waals surface area contributed by atoms with Gasteiger partial charge in [0, 0.05) is 37.4 Å². The predicted octanol–water partition coefficient (Wildman–Crippen LogP) is 4.40. The second-order valence-electron chi connectivity index (χ2n) is 7.60. The number of fused-ring (bicyclic) bond motifs is 2. The Kier molecular flexibility index (Phi) is 4.67. The minimum atomic E-state index is -4.71. The first kappa shape index (κ1) is 21.6. The number of amides is 1. The molecule has 0 aliphatic carbocycles. The van der Waals surface area contributed by atoms with Crippen molar-refractivity contribution in [2.75, 3.05) is 5.32 Å². The zero-order valence-corrected chi connectivity index (χ0v) is 17.5. The van der Waals surface area contributed by atoms with Gasteiger partial charge in [-0.25, -0.2) is 8.78 Å². The third-order valence-electron chi connectivity index (χ3n) is 5.34. The van der Waals surface area contributed by atoms with Crippen molar-refractivity contribution in [3.8, 4) is 11.3 Å². The smallest absolute Gasteiger partial charge is 0.322 e. The van der Waals surface area contributed by atoms with Crippen molar-refractivity contribution in [3.63, 3.8) is 0 Å². The minimum absolute atomic E-state index is 0.0297. The molecule has 0 atom stereocenters. The summed E-state index contributed by atoms with van der Waals surface area (Å²) in [5.74, 6) is -3.22. The topological polar surface area (TPSA) is 93.4 Å². The number of carbonyl (C=O) groups excluding carboxylic acids is 1. The molecule has 3 heterocycles. The number of aromatic nitrogens is 6. The standard InChI is InChI=1S/C21H14F5N7O/c1-32-8-12(19(31-32)21(24,25)26)18-10-5-9(3-4-14(10)29-30-18)28-20(34)16-13(22)6-15-11(17(16)23)7-27-33(15)2/h3-8H,1-2H3,(H,28,34)(H,29,30). The molecule has 0 spiro atoms. The summed E-state index contributed by atoms with van der Waals surface area (Å²) in [4.78, 5) is 12.7. The molecule has 2 aromatic carbocycles. The number of benzene rings is 2. The molecular formula is C21H14F5N7O. The molecule has 13 heteroatoms. The van der Waals surface area contributed by atoms with Gasteiger partial charge >= 0.3 is 6.18 Å². The first-order valence-electron chi connectivity index (χ1n) is 9.75. The molecule has 0 unspecified atom stereocenters. The number of aryl methyl sites for hydroxylation is 2. The van der Waals surface area contributed by atoms with E-state index in [4.69, 9.17) is 0 Å². The summed E-state index contributed by atoms with van der Waals surface area (Å²) in [5, 5.41) is 16.6. The van der Waals surface area contributed by atoms with Gasteiger partial charge in [-0.15, -0.1) is 0 Å². The van der Waals surface area contributed by atoms with Crippen LogP contribution in [0.4, 0.5) is 27.6 Å². The van der Waals surface area contributed by atoms with Crippen molar-refractivity contribution >= 4 is 33.4 Å². The Hall–Kier alpha value is -4.29. The molecule has 0 aliphatic rings. The highest BCUT2D eigenvalue weighted by atomic mass is 19.4. The van der Waals surface area contributed by atoms with Gasteiger partial charge in [-0.3, -0.25) is 19.3 Å². The number of hydrogen-bond acceptors (Lipinski definition) is 4. The number of carbonyl (C=O) groups is 1. The van der Waals surface area contributed by atoms with E-state index in [2.05, 4.69) is 25.7 Å². The average Bonchev–Trinajstić information content (AvgIpc) is 3.44. The number of H-pyrrole nitrogens is 1. The molecule has 5 aromatic rings. The van der Waals surface area contributed by atoms with Gasteiger partial charge in [-0.05, 0) is 18.2 Å². The fourth-order valence-electron chi connectivity index (χ4n) is 3.79. The summed E-state index contributed by atoms with van der Waals surface area (Å²) >= 11 is 0. The van der Waals surface area contributed by atoms with Crippen LogP contribution in [0.25, 0.3) is 33.1 Å². The fraction of sp³-hybridized carbons (Fsp3) is 0.143. The monoisotopic (exact) mass is 475 g/mol. The van der Waals surface area contributed by atoms with Crippen LogP contribution < -0.4 is 5.32 Å². The van der Waals surface area contributed by atoms with Crippen LogP contribution >= 0.6 is 0 Å². The molecule has 34 heavy (non-hydrogen) atoms. The zero-order valence-electron chi connectivity index (χ0n) is 17.5. The summed E-state index contributed by atoms with van der Waals surface area (Å²) in [6.45, 7) is 0. The van der Waals surface area contributed by atoms with E-state index in [1.54, 1.807) is 0 Å². The maximum Gasteiger partial charge on any atom is 0.435 e. The summed E-state index contributed by atoms with van der Waals surface area (Å²) in [6, 6.07) is 5.26. The van der Waals surface area contributed by atoms with Crippen LogP contribution in [0, 0.1) is 11.6 Å². The fourth-order valence-corrected chi connectivity index (χ4v) is 3.79. The van der Waals surface area contributed by atoms with E-state index < -0.39 is 35.0 Å². The van der Waals surface area contributed by atoms with Crippen molar-refractivity contribution in [2.24, 2.45) is 14.1 Å². The average molecular weight is 475 g/mol. The van der Waals surface area contributed by atoms with Gasteiger partial charge in [0.2, 0.25) is 0 Å². The summed E-state index contributed by atoms with van der Waals surface area (Å²) in [5.41, 5.74) is -1.56. The van der Waals surface area contributed by atoms with E-state index in [-0.39, 0.29) is 33.2 Å². The van der Waals surface area contributed by atoms with Crippen LogP contribution in [0.15, 0.2) is 36.7 Å². The van der Waals surface area contributed by atoms with Crippen molar-refractivity contribution in [1.29, 1.82) is 0 Å². The lowest BCUT2D eigenvalue weighted by atomic mass is 10.1. The maximum absolute atomic E-state index is 14.9. The molecule has 1 amide bonds. The quantitative estimate of drug-likeness (QED) is 0.379. The first-order valence-corrected chi connectivity index (χ1v) is 9.75. The van der Waals surface area contributed by atoms with Gasteiger partial charge in [-0.2, -0.15) is 28.5 Å². The number of halogens is 5. The van der Waals surface area contributed by atoms with Gasteiger partial charge in [0.25, 0.3) is 5.91 Å². The highest BCUT2D eigenvalue weighted by Crippen LogP contribution is 2.38. The number of alkyl halides is 3. The Morgan fingerprint density at radius 1 is 1.12 bits per heavy atom. The van der Waals surface area contributed by atoms with Gasteiger partial charge in [0.05, 0.1) is 28.2 Å². The largest absolute Gasteiger partial charge is 0.435 e. The Labute approximate surface area is 187 Å². The van der Waals surface area contributed by atoms with Crippen LogP contribution in [-0.2, 0) is 20.3 Å². The van der Waals surface area contributed by atoms with Gasteiger partial charge in [0.1, 0.15) is 22.9 Å². The van der Waals surface area contributed by atoms with E-state index >= 15 is 0 Å². The number of hydrogen-bond donors (Lipinski definition) is 2. The number of nitrogens with zero attached hydrogens (tertiary/aromatic N) is 5. The van der Waals surface area contributed by atoms with Gasteiger partial charge < -0.3 is 5.32 Å². The van der Waals surface area contributed by atoms with Crippen LogP contribution in [-0.4, -0.2) is 35.7 Å². The van der Waals surface area contributed by atoms with Crippen LogP contribution in [0.1, 0.15) is 16.1 Å². The summed E-state index contributed by atoms with van der Waals surface area (Å²) in [6.07, 6.45) is -2.36. The molecular weight excluding hydrogens is 461 g/mol. The SMILES string of the molecule is Cn1cc(-c2n[nH]c3ccc(NC(=O)c4c(F)cc5c(cnn5C)c4F)cc23)c(C(F)(F)F)n1. The lowest BCUT2D eigenvalue weighted by Gasteiger charge is -2.09. The molecule has 0 saturated heterocycles. The Bertz CT molecular complexity index is 1590. The van der Waals surface area contributed by atoms with Crippen molar-refractivity contribution in [1.82, 2.24) is 29.8 Å². The maximum atomic E-state index is 14.9. The lowest BCUT2D eigenvalue weighted by molar-refractivity contribution is -0.141. The number of aromatic amines is 1. The van der Waals surface area contributed by atoms with Crippen LogP contribution in [0.3, 0.4) is 0 Å². The van der Waals surface area contributed by atoms with E-state index in [1.807, 2.05) is 0 Å². The molecule has 3 aromatic heterocycles. The van der Waals surface area contributed by atoms with E-state index in [0.29, 0.717) is 5.52 Å². The Morgan fingerprint density at radius 2 is 1.88 bits per heavy atom. The minimum Gasteiger partial charge on any atom is -0.322 e. The number of rotatable bonds is 3. The third-order valence-corrected chi connectivity index (χ3v) is 5.34. The highest BCUT2D eigenvalue weighted by Gasteiger charge is 2.38. The zero-order chi connectivity index (χ0) is 24.4. The molecule has 0 saturated carbocycles. The third kappa shape index (κ3) is 3.36. The lowest BCUT2D eigenvalue weighted by Crippen LogP contribution is -2.16. The molecule has 5 rings (SSSR count). The predicted molar refractivity (Wildman–Crippen MR) is 112 cm³/mol. The molecule has 0 fully saturated rings. The van der Waals surface area contributed by atoms with Crippen molar-refractivity contribution in [2.45, 2.75) is 6.18 Å². The van der Waals surface area contributed by atoms with Gasteiger partial charge in [-0.1, -0.05) is 0 Å². The molecule has 8 nitrogen and oxygen atoms in total. The Balaban J connectivity index is 1.55. The molecule has 2 N–H and O–H groups in total. The highest BCUT2D eigenvalue weighted by molar-refractivity contribution is 6.08. The van der Waals surface area contributed by atoms with Crippen LogP contribution in [0.5, 0.6) is 0 Å². The first-order chi connectivity index (χ1) is 16.0. The van der Waals surface area contributed by atoms with Crippen molar-refractivity contribution in [3.05, 3.63) is 59.6 Å². The Morgan fingerprint density at radius 3 is 2.62 bits per heavy atom. The normalized spacial score (nSPS) is 12.1. The molecule has 0 bridgehead atoms. The summed E-state index contributed by atoms with van der Waals surface area (Å²) in [7, 11) is 2.85. The van der Waals surface area contributed by atoms with E-state index in [0.717, 1.165) is 10.7 Å². The number of anilines is 1. The molecule has 174 valence electrons. The molecule has 0 radical (unpaired) electrons. The molecule has 0 aliphatic heterocycles. The second kappa shape index (κ2) is 7.37. The van der Waals surface area contributed by atoms with Gasteiger partial charge in [0.15, 0.2) is 5.69 Å². The second-order valence-corrected chi connectivity index (χ2v) is 7.60. The summed E-state index contributed by atoms with van der Waals surface area (Å²) < 4.78 is 72.0. The van der Waals surface area contributed by atoms with Crippen LogP contribution in [0.2, 0.25) is 0 Å². The number of nitrogens with one attached hydrogen (secondary N) is 2. The van der Waals surface area contributed by atoms with E-state index in [1.165, 1.54) is 49.4 Å². The van der Waals surface area contributed by atoms with E-state index in [9.17, 15) is 26.7 Å². The van der Waals surface area contributed by atoms with Crippen molar-refractivity contribution < 1.29 is 26.7 Å².